The van der Waals surface area contributed by atoms with Crippen molar-refractivity contribution < 1.29 is 19.4 Å². The van der Waals surface area contributed by atoms with E-state index >= 15 is 0 Å². The molecule has 0 radical (unpaired) electrons. The lowest BCUT2D eigenvalue weighted by atomic mass is 10.0. The lowest BCUT2D eigenvalue weighted by molar-refractivity contribution is -0.125. The summed E-state index contributed by atoms with van der Waals surface area (Å²) >= 11 is 0. The fourth-order valence-electron chi connectivity index (χ4n) is 3.84. The highest BCUT2D eigenvalue weighted by Gasteiger charge is 2.22. The predicted octanol–water partition coefficient (Wildman–Crippen LogP) is 3.50. The molecule has 3 aromatic rings. The van der Waals surface area contributed by atoms with E-state index in [-0.39, 0.29) is 29.7 Å². The Balaban J connectivity index is 1.57. The van der Waals surface area contributed by atoms with Crippen LogP contribution in [-0.4, -0.2) is 53.9 Å². The summed E-state index contributed by atoms with van der Waals surface area (Å²) in [7, 11) is 1.66. The molecule has 2 aromatic carbocycles. The summed E-state index contributed by atoms with van der Waals surface area (Å²) in [6, 6.07) is 10.5. The zero-order chi connectivity index (χ0) is 22.8. The number of rotatable bonds is 6. The number of anilines is 2. The van der Waals surface area contributed by atoms with Crippen molar-refractivity contribution in [1.82, 2.24) is 10.2 Å². The molecule has 168 valence electrons. The molecule has 1 aliphatic heterocycles. The number of carbonyl (C=O) groups excluding carboxylic acids is 2. The Labute approximate surface area is 186 Å². The Morgan fingerprint density at radius 2 is 2.03 bits per heavy atom. The largest absolute Gasteiger partial charge is 0.507 e. The maximum atomic E-state index is 13.2. The summed E-state index contributed by atoms with van der Waals surface area (Å²) in [5.41, 5.74) is 3.25. The van der Waals surface area contributed by atoms with Crippen LogP contribution in [0, 0.1) is 5.92 Å². The van der Waals surface area contributed by atoms with E-state index in [1.54, 1.807) is 36.2 Å². The summed E-state index contributed by atoms with van der Waals surface area (Å²) in [5.74, 6) is 0.0430. The van der Waals surface area contributed by atoms with E-state index in [0.717, 1.165) is 29.6 Å². The van der Waals surface area contributed by atoms with Crippen LogP contribution < -0.4 is 9.80 Å². The number of benzene rings is 2. The number of aromatic amines is 1. The molecule has 0 aliphatic carbocycles. The molecule has 8 nitrogen and oxygen atoms in total. The number of hydrogen-bond donors (Lipinski definition) is 2. The number of fused-ring (bicyclic) bond motifs is 1. The van der Waals surface area contributed by atoms with E-state index in [9.17, 15) is 14.7 Å². The van der Waals surface area contributed by atoms with E-state index in [2.05, 4.69) is 24.0 Å². The molecular formula is C24H28N4O4. The fraction of sp³-hybridized carbons (Fsp3) is 0.375. The Bertz CT molecular complexity index is 1140. The molecule has 2 heterocycles. The van der Waals surface area contributed by atoms with Crippen LogP contribution >= 0.6 is 0 Å². The third-order valence-electron chi connectivity index (χ3n) is 5.79. The molecule has 1 aromatic heterocycles. The van der Waals surface area contributed by atoms with Gasteiger partial charge in [-0.3, -0.25) is 14.7 Å². The third kappa shape index (κ3) is 4.31. The number of ether oxygens (including phenoxy) is 1. The summed E-state index contributed by atoms with van der Waals surface area (Å²) in [6.45, 7) is 5.40. The minimum Gasteiger partial charge on any atom is -0.507 e. The summed E-state index contributed by atoms with van der Waals surface area (Å²) in [4.78, 5) is 28.4. The third-order valence-corrected chi connectivity index (χ3v) is 5.79. The minimum absolute atomic E-state index is 0.0784. The van der Waals surface area contributed by atoms with E-state index in [0.29, 0.717) is 30.3 Å². The highest BCUT2D eigenvalue weighted by molar-refractivity contribution is 6.09. The molecule has 1 saturated heterocycles. The number of aromatic nitrogens is 2. The Hall–Kier alpha value is -3.39. The van der Waals surface area contributed by atoms with Crippen LogP contribution in [-0.2, 0) is 16.0 Å². The van der Waals surface area contributed by atoms with Crippen LogP contribution in [0.4, 0.5) is 11.4 Å². The van der Waals surface area contributed by atoms with Crippen molar-refractivity contribution in [2.45, 2.75) is 26.7 Å². The molecule has 2 N–H and O–H groups in total. The van der Waals surface area contributed by atoms with Crippen molar-refractivity contribution in [2.24, 2.45) is 5.92 Å². The van der Waals surface area contributed by atoms with Crippen LogP contribution in [0.15, 0.2) is 36.4 Å². The van der Waals surface area contributed by atoms with Gasteiger partial charge in [0.15, 0.2) is 0 Å². The standard InChI is InChI=1S/C24H28N4O4/c1-15(2)4-9-20-18-12-19(22(29)13-21(18)26-25-20)24(31)27(3)16-5-7-17(8-6-16)28-10-11-32-14-23(28)30/h5-8,12-13,15,29H,4,9-11,14H2,1-3H3,(H,25,26). The molecule has 0 saturated carbocycles. The van der Waals surface area contributed by atoms with Crippen LogP contribution in [0.5, 0.6) is 5.75 Å². The van der Waals surface area contributed by atoms with Crippen LogP contribution in [0.2, 0.25) is 0 Å². The van der Waals surface area contributed by atoms with Gasteiger partial charge in [-0.15, -0.1) is 0 Å². The van der Waals surface area contributed by atoms with Gasteiger partial charge in [0.25, 0.3) is 11.8 Å². The van der Waals surface area contributed by atoms with E-state index in [4.69, 9.17) is 4.74 Å². The maximum Gasteiger partial charge on any atom is 0.261 e. The second kappa shape index (κ2) is 9.00. The van der Waals surface area contributed by atoms with Gasteiger partial charge in [-0.05, 0) is 49.1 Å². The number of nitrogens with zero attached hydrogens (tertiary/aromatic N) is 3. The molecule has 8 heteroatoms. The Morgan fingerprint density at radius 3 is 2.72 bits per heavy atom. The highest BCUT2D eigenvalue weighted by Crippen LogP contribution is 2.29. The second-order valence-corrected chi connectivity index (χ2v) is 8.50. The molecule has 2 amide bonds. The Kier molecular flexibility index (Phi) is 6.14. The van der Waals surface area contributed by atoms with Gasteiger partial charge in [0, 0.05) is 36.4 Å². The number of aryl methyl sites for hydroxylation is 1. The smallest absolute Gasteiger partial charge is 0.261 e. The molecule has 0 spiro atoms. The molecular weight excluding hydrogens is 408 g/mol. The van der Waals surface area contributed by atoms with Crippen molar-refractivity contribution in [3.63, 3.8) is 0 Å². The van der Waals surface area contributed by atoms with E-state index in [1.165, 1.54) is 4.90 Å². The summed E-state index contributed by atoms with van der Waals surface area (Å²) in [6.07, 6.45) is 1.79. The summed E-state index contributed by atoms with van der Waals surface area (Å²) < 4.78 is 5.17. The molecule has 0 atom stereocenters. The maximum absolute atomic E-state index is 13.2. The topological polar surface area (TPSA) is 98.8 Å². The number of H-pyrrole nitrogens is 1. The first-order chi connectivity index (χ1) is 15.3. The van der Waals surface area contributed by atoms with Crippen molar-refractivity contribution in [1.29, 1.82) is 0 Å². The molecule has 1 aliphatic rings. The SMILES string of the molecule is CC(C)CCc1n[nH]c2cc(O)c(C(=O)N(C)c3ccc(N4CCOCC4=O)cc3)cc12. The number of morpholine rings is 1. The van der Waals surface area contributed by atoms with Crippen molar-refractivity contribution in [2.75, 3.05) is 36.6 Å². The second-order valence-electron chi connectivity index (χ2n) is 8.50. The number of phenols is 1. The average molecular weight is 437 g/mol. The van der Waals surface area contributed by atoms with E-state index < -0.39 is 0 Å². The van der Waals surface area contributed by atoms with Crippen molar-refractivity contribution in [3.05, 3.63) is 47.7 Å². The van der Waals surface area contributed by atoms with Crippen molar-refractivity contribution in [3.8, 4) is 5.75 Å². The van der Waals surface area contributed by atoms with Gasteiger partial charge < -0.3 is 19.6 Å². The Morgan fingerprint density at radius 1 is 1.28 bits per heavy atom. The molecule has 0 unspecified atom stereocenters. The zero-order valence-corrected chi connectivity index (χ0v) is 18.6. The van der Waals surface area contributed by atoms with Gasteiger partial charge >= 0.3 is 0 Å². The normalized spacial score (nSPS) is 14.4. The summed E-state index contributed by atoms with van der Waals surface area (Å²) in [5, 5.41) is 18.7. The number of hydrogen-bond acceptors (Lipinski definition) is 5. The first kappa shape index (κ1) is 21.8. The van der Waals surface area contributed by atoms with Crippen LogP contribution in [0.1, 0.15) is 36.3 Å². The number of carbonyl (C=O) groups is 2. The molecule has 1 fully saturated rings. The van der Waals surface area contributed by atoms with Gasteiger partial charge in [-0.25, -0.2) is 0 Å². The zero-order valence-electron chi connectivity index (χ0n) is 18.6. The molecule has 0 bridgehead atoms. The molecule has 4 rings (SSSR count). The highest BCUT2D eigenvalue weighted by atomic mass is 16.5. The number of amides is 2. The van der Waals surface area contributed by atoms with Gasteiger partial charge in [-0.1, -0.05) is 13.8 Å². The van der Waals surface area contributed by atoms with E-state index in [1.807, 2.05) is 12.1 Å². The fourth-order valence-corrected chi connectivity index (χ4v) is 3.84. The predicted molar refractivity (Wildman–Crippen MR) is 123 cm³/mol. The van der Waals surface area contributed by atoms with Gasteiger partial charge in [0.05, 0.1) is 23.4 Å². The lowest BCUT2D eigenvalue weighted by Gasteiger charge is -2.27. The van der Waals surface area contributed by atoms with Gasteiger partial charge in [-0.2, -0.15) is 5.10 Å². The van der Waals surface area contributed by atoms with Crippen LogP contribution in [0.25, 0.3) is 10.9 Å². The minimum atomic E-state index is -0.324. The number of phenolic OH excluding ortho intramolecular Hbond substituents is 1. The first-order valence-corrected chi connectivity index (χ1v) is 10.8. The van der Waals surface area contributed by atoms with Crippen molar-refractivity contribution >= 4 is 34.1 Å². The van der Waals surface area contributed by atoms with Gasteiger partial charge in [0.1, 0.15) is 12.4 Å². The first-order valence-electron chi connectivity index (χ1n) is 10.8. The number of nitrogens with one attached hydrogen (secondary N) is 1. The molecule has 32 heavy (non-hydrogen) atoms. The average Bonchev–Trinajstić information content (AvgIpc) is 3.18. The van der Waals surface area contributed by atoms with Gasteiger partial charge in [0.2, 0.25) is 0 Å². The van der Waals surface area contributed by atoms with Crippen LogP contribution in [0.3, 0.4) is 0 Å². The lowest BCUT2D eigenvalue weighted by Crippen LogP contribution is -2.41. The number of aromatic hydroxyl groups is 1. The monoisotopic (exact) mass is 436 g/mol. The quantitative estimate of drug-likeness (QED) is 0.616.